The molecule has 0 saturated heterocycles. The first-order valence-corrected chi connectivity index (χ1v) is 9.26. The zero-order valence-electron chi connectivity index (χ0n) is 14.7. The molecule has 0 radical (unpaired) electrons. The summed E-state index contributed by atoms with van der Waals surface area (Å²) in [7, 11) is 1.98. The van der Waals surface area contributed by atoms with E-state index in [1.165, 1.54) is 11.3 Å². The monoisotopic (exact) mass is 354 g/mol. The van der Waals surface area contributed by atoms with Gasteiger partial charge in [0.25, 0.3) is 5.91 Å². The van der Waals surface area contributed by atoms with Crippen LogP contribution in [0.5, 0.6) is 0 Å². The zero-order chi connectivity index (χ0) is 17.8. The van der Waals surface area contributed by atoms with Gasteiger partial charge in [-0.1, -0.05) is 31.5 Å². The van der Waals surface area contributed by atoms with Crippen LogP contribution in [0.15, 0.2) is 36.7 Å². The second-order valence-corrected chi connectivity index (χ2v) is 6.94. The van der Waals surface area contributed by atoms with E-state index in [1.54, 1.807) is 6.33 Å². The lowest BCUT2D eigenvalue weighted by Gasteiger charge is -2.19. The van der Waals surface area contributed by atoms with Crippen molar-refractivity contribution in [3.8, 4) is 0 Å². The fraction of sp³-hybridized carbons (Fsp3) is 0.316. The molecule has 25 heavy (non-hydrogen) atoms. The van der Waals surface area contributed by atoms with Crippen molar-refractivity contribution in [3.05, 3.63) is 47.1 Å². The van der Waals surface area contributed by atoms with Crippen molar-refractivity contribution in [2.45, 2.75) is 26.7 Å². The smallest absolute Gasteiger partial charge is 0.261 e. The maximum absolute atomic E-state index is 12.5. The van der Waals surface area contributed by atoms with Gasteiger partial charge in [0.2, 0.25) is 0 Å². The highest BCUT2D eigenvalue weighted by molar-refractivity contribution is 7.20. The maximum Gasteiger partial charge on any atom is 0.261 e. The van der Waals surface area contributed by atoms with Crippen molar-refractivity contribution in [2.75, 3.05) is 18.5 Å². The van der Waals surface area contributed by atoms with Crippen LogP contribution in [0, 0.1) is 6.92 Å². The first kappa shape index (κ1) is 17.4. The molecular formula is C19H22N4OS. The average molecular weight is 354 g/mol. The van der Waals surface area contributed by atoms with Crippen molar-refractivity contribution < 1.29 is 4.79 Å². The number of anilines is 2. The SMILES string of the molecule is CCCCNC(=O)c1sc2ncnc(N(C)c3ccccc3)c2c1C. The molecule has 0 unspecified atom stereocenters. The van der Waals surface area contributed by atoms with Gasteiger partial charge < -0.3 is 10.2 Å². The molecule has 0 atom stereocenters. The standard InChI is InChI=1S/C19H22N4OS/c1-4-5-11-20-18(24)16-13(2)15-17(21-12-22-19(15)25-16)23(3)14-9-7-6-8-10-14/h6-10,12H,4-5,11H2,1-3H3,(H,20,24). The summed E-state index contributed by atoms with van der Waals surface area (Å²) >= 11 is 1.43. The molecule has 0 spiro atoms. The minimum Gasteiger partial charge on any atom is -0.351 e. The summed E-state index contributed by atoms with van der Waals surface area (Å²) in [6, 6.07) is 10.1. The molecule has 0 aliphatic carbocycles. The molecule has 0 aliphatic heterocycles. The largest absolute Gasteiger partial charge is 0.351 e. The van der Waals surface area contributed by atoms with Gasteiger partial charge in [0.1, 0.15) is 17.0 Å². The highest BCUT2D eigenvalue weighted by Crippen LogP contribution is 2.36. The number of benzene rings is 1. The summed E-state index contributed by atoms with van der Waals surface area (Å²) in [5, 5.41) is 3.94. The Hall–Kier alpha value is -2.47. The van der Waals surface area contributed by atoms with Crippen molar-refractivity contribution in [2.24, 2.45) is 0 Å². The number of rotatable bonds is 6. The van der Waals surface area contributed by atoms with Gasteiger partial charge in [-0.25, -0.2) is 9.97 Å². The molecule has 0 saturated carbocycles. The van der Waals surface area contributed by atoms with Crippen LogP contribution in [-0.4, -0.2) is 29.5 Å². The highest BCUT2D eigenvalue weighted by Gasteiger charge is 2.21. The molecule has 1 aromatic carbocycles. The molecule has 2 heterocycles. The number of aryl methyl sites for hydroxylation is 1. The van der Waals surface area contributed by atoms with E-state index in [1.807, 2.05) is 49.2 Å². The van der Waals surface area contributed by atoms with Gasteiger partial charge in [-0.3, -0.25) is 4.79 Å². The number of carbonyl (C=O) groups excluding carboxylic acids is 1. The van der Waals surface area contributed by atoms with E-state index >= 15 is 0 Å². The quantitative estimate of drug-likeness (QED) is 0.671. The molecule has 1 amide bonds. The van der Waals surface area contributed by atoms with E-state index < -0.39 is 0 Å². The molecule has 3 rings (SSSR count). The van der Waals surface area contributed by atoms with E-state index in [0.717, 1.165) is 40.1 Å². The lowest BCUT2D eigenvalue weighted by Crippen LogP contribution is -2.24. The topological polar surface area (TPSA) is 58.1 Å². The fourth-order valence-electron chi connectivity index (χ4n) is 2.76. The maximum atomic E-state index is 12.5. The average Bonchev–Trinajstić information content (AvgIpc) is 2.99. The Kier molecular flexibility index (Phi) is 5.28. The number of unbranched alkanes of at least 4 members (excludes halogenated alkanes) is 1. The van der Waals surface area contributed by atoms with Crippen LogP contribution in [0.2, 0.25) is 0 Å². The molecule has 3 aromatic rings. The van der Waals surface area contributed by atoms with Gasteiger partial charge in [0, 0.05) is 19.3 Å². The number of para-hydroxylation sites is 1. The van der Waals surface area contributed by atoms with E-state index in [0.29, 0.717) is 11.4 Å². The van der Waals surface area contributed by atoms with Crippen molar-refractivity contribution >= 4 is 39.0 Å². The Balaban J connectivity index is 2.00. The Morgan fingerprint density at radius 3 is 2.72 bits per heavy atom. The van der Waals surface area contributed by atoms with Crippen LogP contribution in [0.3, 0.4) is 0 Å². The summed E-state index contributed by atoms with van der Waals surface area (Å²) in [6.07, 6.45) is 3.60. The van der Waals surface area contributed by atoms with Crippen LogP contribution < -0.4 is 10.2 Å². The Bertz CT molecular complexity index is 876. The molecule has 130 valence electrons. The normalized spacial score (nSPS) is 10.8. The van der Waals surface area contributed by atoms with Gasteiger partial charge >= 0.3 is 0 Å². The molecule has 6 heteroatoms. The Morgan fingerprint density at radius 1 is 1.24 bits per heavy atom. The second-order valence-electron chi connectivity index (χ2n) is 5.94. The molecule has 0 aliphatic rings. The third-order valence-corrected chi connectivity index (χ3v) is 5.39. The summed E-state index contributed by atoms with van der Waals surface area (Å²) < 4.78 is 0. The number of carbonyl (C=O) groups is 1. The summed E-state index contributed by atoms with van der Waals surface area (Å²) in [5.74, 6) is 0.792. The van der Waals surface area contributed by atoms with E-state index in [-0.39, 0.29) is 5.91 Å². The first-order valence-electron chi connectivity index (χ1n) is 8.44. The molecule has 0 fully saturated rings. The Morgan fingerprint density at radius 2 is 2.00 bits per heavy atom. The molecule has 5 nitrogen and oxygen atoms in total. The molecular weight excluding hydrogens is 332 g/mol. The Labute approximate surface area is 151 Å². The number of nitrogens with one attached hydrogen (secondary N) is 1. The predicted molar refractivity (Wildman–Crippen MR) is 104 cm³/mol. The third-order valence-electron chi connectivity index (χ3n) is 4.19. The molecule has 0 bridgehead atoms. The van der Waals surface area contributed by atoms with Crippen LogP contribution in [0.25, 0.3) is 10.2 Å². The predicted octanol–water partition coefficient (Wildman–Crippen LogP) is 4.30. The highest BCUT2D eigenvalue weighted by atomic mass is 32.1. The van der Waals surface area contributed by atoms with Crippen molar-refractivity contribution in [1.29, 1.82) is 0 Å². The van der Waals surface area contributed by atoms with Gasteiger partial charge in [0.05, 0.1) is 10.3 Å². The van der Waals surface area contributed by atoms with Crippen LogP contribution in [0.1, 0.15) is 35.0 Å². The third kappa shape index (κ3) is 3.49. The van der Waals surface area contributed by atoms with Crippen LogP contribution in [-0.2, 0) is 0 Å². The summed E-state index contributed by atoms with van der Waals surface area (Å²) in [6.45, 7) is 4.78. The first-order chi connectivity index (χ1) is 12.1. The zero-order valence-corrected chi connectivity index (χ0v) is 15.6. The van der Waals surface area contributed by atoms with E-state index in [9.17, 15) is 4.79 Å². The summed E-state index contributed by atoms with van der Waals surface area (Å²) in [5.41, 5.74) is 1.98. The number of thiophene rings is 1. The minimum atomic E-state index is -0.0257. The van der Waals surface area contributed by atoms with Crippen LogP contribution >= 0.6 is 11.3 Å². The lowest BCUT2D eigenvalue weighted by atomic mass is 10.2. The number of hydrogen-bond donors (Lipinski definition) is 1. The lowest BCUT2D eigenvalue weighted by molar-refractivity contribution is 0.0957. The summed E-state index contributed by atoms with van der Waals surface area (Å²) in [4.78, 5) is 24.9. The van der Waals surface area contributed by atoms with Gasteiger partial charge in [-0.15, -0.1) is 11.3 Å². The number of hydrogen-bond acceptors (Lipinski definition) is 5. The number of nitrogens with zero attached hydrogens (tertiary/aromatic N) is 3. The molecule has 1 N–H and O–H groups in total. The van der Waals surface area contributed by atoms with Gasteiger partial charge in [-0.2, -0.15) is 0 Å². The van der Waals surface area contributed by atoms with Gasteiger partial charge in [-0.05, 0) is 31.0 Å². The fourth-order valence-corrected chi connectivity index (χ4v) is 3.82. The molecule has 2 aromatic heterocycles. The number of fused-ring (bicyclic) bond motifs is 1. The minimum absolute atomic E-state index is 0.0257. The number of aromatic nitrogens is 2. The van der Waals surface area contributed by atoms with Crippen LogP contribution in [0.4, 0.5) is 11.5 Å². The van der Waals surface area contributed by atoms with E-state index in [2.05, 4.69) is 22.2 Å². The van der Waals surface area contributed by atoms with E-state index in [4.69, 9.17) is 0 Å². The van der Waals surface area contributed by atoms with Crippen molar-refractivity contribution in [1.82, 2.24) is 15.3 Å². The van der Waals surface area contributed by atoms with Gasteiger partial charge in [0.15, 0.2) is 0 Å². The second kappa shape index (κ2) is 7.61. The number of amides is 1. The van der Waals surface area contributed by atoms with Crippen molar-refractivity contribution in [3.63, 3.8) is 0 Å².